The summed E-state index contributed by atoms with van der Waals surface area (Å²) in [5, 5.41) is 6.15. The molecule has 0 aromatic heterocycles. The van der Waals surface area contributed by atoms with E-state index in [1.165, 1.54) is 12.8 Å². The lowest BCUT2D eigenvalue weighted by atomic mass is 10.1. The Balaban J connectivity index is 2.10. The van der Waals surface area contributed by atoms with Crippen molar-refractivity contribution in [3.63, 3.8) is 0 Å². The van der Waals surface area contributed by atoms with Crippen LogP contribution in [0.15, 0.2) is 0 Å². The molecule has 1 aliphatic rings. The van der Waals surface area contributed by atoms with Crippen LogP contribution in [-0.4, -0.2) is 37.7 Å². The lowest BCUT2D eigenvalue weighted by molar-refractivity contribution is -0.121. The minimum atomic E-state index is -0.215. The molecule has 1 saturated carbocycles. The summed E-state index contributed by atoms with van der Waals surface area (Å²) < 4.78 is 5.26. The molecule has 0 bridgehead atoms. The molecule has 0 atom stereocenters. The van der Waals surface area contributed by atoms with E-state index in [1.807, 2.05) is 13.8 Å². The summed E-state index contributed by atoms with van der Waals surface area (Å²) in [5.74, 6) is 0.0961. The summed E-state index contributed by atoms with van der Waals surface area (Å²) >= 11 is 0. The van der Waals surface area contributed by atoms with Crippen LogP contribution in [-0.2, 0) is 9.53 Å². The van der Waals surface area contributed by atoms with Crippen LogP contribution in [0, 0.1) is 0 Å². The molecule has 94 valence electrons. The highest BCUT2D eigenvalue weighted by Crippen LogP contribution is 2.17. The lowest BCUT2D eigenvalue weighted by Crippen LogP contribution is -2.43. The molecule has 0 aromatic carbocycles. The third-order valence-corrected chi connectivity index (χ3v) is 3.11. The third-order valence-electron chi connectivity index (χ3n) is 3.11. The molecule has 0 radical (unpaired) electrons. The first kappa shape index (κ1) is 13.5. The van der Waals surface area contributed by atoms with Gasteiger partial charge in [-0.1, -0.05) is 12.8 Å². The van der Waals surface area contributed by atoms with Crippen molar-refractivity contribution < 1.29 is 9.53 Å². The zero-order valence-electron chi connectivity index (χ0n) is 10.6. The van der Waals surface area contributed by atoms with E-state index in [9.17, 15) is 4.79 Å². The number of carbonyl (C=O) groups is 1. The topological polar surface area (TPSA) is 50.4 Å². The van der Waals surface area contributed by atoms with E-state index >= 15 is 0 Å². The van der Waals surface area contributed by atoms with E-state index in [-0.39, 0.29) is 11.5 Å². The standard InChI is InChI=1S/C12H24N2O2/c1-12(2,16-3)9-13-8-11(15)14-10-6-4-5-7-10/h10,13H,4-9H2,1-3H3,(H,14,15). The molecule has 4 heteroatoms. The quantitative estimate of drug-likeness (QED) is 0.714. The number of hydrogen-bond donors (Lipinski definition) is 2. The molecule has 16 heavy (non-hydrogen) atoms. The maximum absolute atomic E-state index is 11.6. The van der Waals surface area contributed by atoms with Crippen molar-refractivity contribution in [2.75, 3.05) is 20.2 Å². The van der Waals surface area contributed by atoms with Crippen LogP contribution in [0.25, 0.3) is 0 Å². The second-order valence-electron chi connectivity index (χ2n) is 5.12. The molecule has 1 amide bonds. The van der Waals surface area contributed by atoms with Gasteiger partial charge in [-0.2, -0.15) is 0 Å². The fourth-order valence-electron chi connectivity index (χ4n) is 1.90. The zero-order chi connectivity index (χ0) is 12.0. The molecular formula is C12H24N2O2. The Hall–Kier alpha value is -0.610. The van der Waals surface area contributed by atoms with Gasteiger partial charge >= 0.3 is 0 Å². The van der Waals surface area contributed by atoms with Crippen molar-refractivity contribution in [1.82, 2.24) is 10.6 Å². The fourth-order valence-corrected chi connectivity index (χ4v) is 1.90. The highest BCUT2D eigenvalue weighted by atomic mass is 16.5. The summed E-state index contributed by atoms with van der Waals surface area (Å²) in [6.07, 6.45) is 4.76. The van der Waals surface area contributed by atoms with E-state index in [2.05, 4.69) is 10.6 Å². The SMILES string of the molecule is COC(C)(C)CNCC(=O)NC1CCCC1. The average Bonchev–Trinajstić information content (AvgIpc) is 2.70. The van der Waals surface area contributed by atoms with Crippen LogP contribution in [0.1, 0.15) is 39.5 Å². The molecular weight excluding hydrogens is 204 g/mol. The van der Waals surface area contributed by atoms with E-state index in [0.717, 1.165) is 12.8 Å². The first-order chi connectivity index (χ1) is 7.53. The van der Waals surface area contributed by atoms with E-state index in [0.29, 0.717) is 19.1 Å². The van der Waals surface area contributed by atoms with Crippen LogP contribution in [0.2, 0.25) is 0 Å². The molecule has 0 aliphatic heterocycles. The minimum Gasteiger partial charge on any atom is -0.377 e. The highest BCUT2D eigenvalue weighted by Gasteiger charge is 2.18. The smallest absolute Gasteiger partial charge is 0.234 e. The largest absolute Gasteiger partial charge is 0.377 e. The Kier molecular flexibility index (Phi) is 5.22. The molecule has 0 unspecified atom stereocenters. The second-order valence-corrected chi connectivity index (χ2v) is 5.12. The van der Waals surface area contributed by atoms with Gasteiger partial charge in [0.1, 0.15) is 0 Å². The van der Waals surface area contributed by atoms with Gasteiger partial charge in [0, 0.05) is 19.7 Å². The molecule has 1 rings (SSSR count). The molecule has 1 aliphatic carbocycles. The van der Waals surface area contributed by atoms with E-state index < -0.39 is 0 Å². The van der Waals surface area contributed by atoms with Gasteiger partial charge in [0.25, 0.3) is 0 Å². The monoisotopic (exact) mass is 228 g/mol. The normalized spacial score (nSPS) is 17.7. The third kappa shape index (κ3) is 4.94. The zero-order valence-corrected chi connectivity index (χ0v) is 10.6. The van der Waals surface area contributed by atoms with Gasteiger partial charge in [-0.25, -0.2) is 0 Å². The fraction of sp³-hybridized carbons (Fsp3) is 0.917. The van der Waals surface area contributed by atoms with Crippen LogP contribution in [0.5, 0.6) is 0 Å². The summed E-state index contributed by atoms with van der Waals surface area (Å²) in [6, 6.07) is 0.407. The van der Waals surface area contributed by atoms with Crippen LogP contribution >= 0.6 is 0 Å². The Bertz CT molecular complexity index is 223. The summed E-state index contributed by atoms with van der Waals surface area (Å²) in [6.45, 7) is 5.05. The van der Waals surface area contributed by atoms with Crippen molar-refractivity contribution in [2.45, 2.75) is 51.2 Å². The molecule has 4 nitrogen and oxygen atoms in total. The van der Waals surface area contributed by atoms with Gasteiger partial charge < -0.3 is 15.4 Å². The number of carbonyl (C=O) groups excluding carboxylic acids is 1. The molecule has 2 N–H and O–H groups in total. The Morgan fingerprint density at radius 1 is 1.38 bits per heavy atom. The van der Waals surface area contributed by atoms with Crippen molar-refractivity contribution in [3.8, 4) is 0 Å². The maximum atomic E-state index is 11.6. The van der Waals surface area contributed by atoms with Crippen molar-refractivity contribution in [2.24, 2.45) is 0 Å². The number of ether oxygens (including phenoxy) is 1. The van der Waals surface area contributed by atoms with Crippen LogP contribution in [0.3, 0.4) is 0 Å². The summed E-state index contributed by atoms with van der Waals surface area (Å²) in [4.78, 5) is 11.6. The van der Waals surface area contributed by atoms with E-state index in [1.54, 1.807) is 7.11 Å². The van der Waals surface area contributed by atoms with Gasteiger partial charge in [0.15, 0.2) is 0 Å². The summed E-state index contributed by atoms with van der Waals surface area (Å²) in [5.41, 5.74) is -0.215. The first-order valence-corrected chi connectivity index (χ1v) is 6.09. The molecule has 0 spiro atoms. The predicted molar refractivity (Wildman–Crippen MR) is 64.4 cm³/mol. The van der Waals surface area contributed by atoms with Gasteiger partial charge in [-0.15, -0.1) is 0 Å². The predicted octanol–water partition coefficient (Wildman–Crippen LogP) is 1.06. The van der Waals surface area contributed by atoms with Crippen LogP contribution < -0.4 is 10.6 Å². The van der Waals surface area contributed by atoms with Gasteiger partial charge in [0.2, 0.25) is 5.91 Å². The lowest BCUT2D eigenvalue weighted by Gasteiger charge is -2.23. The Labute approximate surface area is 98.1 Å². The van der Waals surface area contributed by atoms with Gasteiger partial charge in [0.05, 0.1) is 12.1 Å². The Morgan fingerprint density at radius 2 is 2.00 bits per heavy atom. The molecule has 0 aromatic rings. The Morgan fingerprint density at radius 3 is 2.56 bits per heavy atom. The summed E-state index contributed by atoms with van der Waals surface area (Å²) in [7, 11) is 1.68. The van der Waals surface area contributed by atoms with Crippen LogP contribution in [0.4, 0.5) is 0 Å². The number of rotatable bonds is 6. The molecule has 1 fully saturated rings. The number of amides is 1. The molecule has 0 saturated heterocycles. The van der Waals surface area contributed by atoms with Gasteiger partial charge in [-0.3, -0.25) is 4.79 Å². The van der Waals surface area contributed by atoms with Crippen molar-refractivity contribution >= 4 is 5.91 Å². The number of nitrogens with one attached hydrogen (secondary N) is 2. The first-order valence-electron chi connectivity index (χ1n) is 6.09. The maximum Gasteiger partial charge on any atom is 0.234 e. The highest BCUT2D eigenvalue weighted by molar-refractivity contribution is 5.78. The van der Waals surface area contributed by atoms with Crippen molar-refractivity contribution in [1.29, 1.82) is 0 Å². The molecule has 0 heterocycles. The van der Waals surface area contributed by atoms with Crippen molar-refractivity contribution in [3.05, 3.63) is 0 Å². The minimum absolute atomic E-state index is 0.0961. The van der Waals surface area contributed by atoms with E-state index in [4.69, 9.17) is 4.74 Å². The second kappa shape index (κ2) is 6.21. The number of hydrogen-bond acceptors (Lipinski definition) is 3. The number of methoxy groups -OCH3 is 1. The van der Waals surface area contributed by atoms with Gasteiger partial charge in [-0.05, 0) is 26.7 Å². The average molecular weight is 228 g/mol.